The number of hydrazone groups is 1. The molecule has 33 heavy (non-hydrogen) atoms. The van der Waals surface area contributed by atoms with E-state index in [1.807, 2.05) is 54.6 Å². The Morgan fingerprint density at radius 1 is 1.00 bits per heavy atom. The number of nitrogens with one attached hydrogen (secondary N) is 2. The molecular weight excluding hydrogens is 459 g/mol. The van der Waals surface area contributed by atoms with Crippen LogP contribution in [0.5, 0.6) is 5.75 Å². The first-order chi connectivity index (χ1) is 16.0. The fourth-order valence-electron chi connectivity index (χ4n) is 3.05. The van der Waals surface area contributed by atoms with E-state index < -0.39 is 5.91 Å². The number of benzene rings is 3. The van der Waals surface area contributed by atoms with E-state index in [1.54, 1.807) is 31.2 Å². The molecule has 0 bridgehead atoms. The van der Waals surface area contributed by atoms with Crippen LogP contribution in [0.15, 0.2) is 84.0 Å². The SMILES string of the molecule is C/C(=N/NC(=O)c1cc(-c2cccc(OCc3ccccc3)c2)n[nH]1)c1ccc(Cl)c(Cl)c1. The largest absolute Gasteiger partial charge is 0.489 e. The van der Waals surface area contributed by atoms with Crippen LogP contribution in [0.1, 0.15) is 28.5 Å². The van der Waals surface area contributed by atoms with E-state index in [1.165, 1.54) is 0 Å². The molecule has 6 nitrogen and oxygen atoms in total. The fourth-order valence-corrected chi connectivity index (χ4v) is 3.35. The number of nitrogens with zero attached hydrogens (tertiary/aromatic N) is 2. The highest BCUT2D eigenvalue weighted by molar-refractivity contribution is 6.42. The Balaban J connectivity index is 1.42. The molecule has 4 aromatic rings. The van der Waals surface area contributed by atoms with Crippen molar-refractivity contribution in [3.63, 3.8) is 0 Å². The normalized spacial score (nSPS) is 11.3. The van der Waals surface area contributed by atoms with Gasteiger partial charge < -0.3 is 4.74 Å². The van der Waals surface area contributed by atoms with Gasteiger partial charge in [-0.2, -0.15) is 10.2 Å². The van der Waals surface area contributed by atoms with E-state index in [2.05, 4.69) is 20.7 Å². The highest BCUT2D eigenvalue weighted by Crippen LogP contribution is 2.24. The van der Waals surface area contributed by atoms with Crippen LogP contribution in [0, 0.1) is 0 Å². The highest BCUT2D eigenvalue weighted by Gasteiger charge is 2.12. The topological polar surface area (TPSA) is 79.4 Å². The molecule has 4 rings (SSSR count). The van der Waals surface area contributed by atoms with E-state index in [4.69, 9.17) is 27.9 Å². The van der Waals surface area contributed by atoms with Gasteiger partial charge >= 0.3 is 0 Å². The van der Waals surface area contributed by atoms with Crippen LogP contribution in [0.25, 0.3) is 11.3 Å². The van der Waals surface area contributed by atoms with E-state index in [9.17, 15) is 4.79 Å². The standard InChI is InChI=1S/C25H20Cl2N4O2/c1-16(18-10-11-21(26)22(27)13-18)28-31-25(32)24-14-23(29-30-24)19-8-5-9-20(12-19)33-15-17-6-3-2-4-7-17/h2-14H,15H2,1H3,(H,29,30)(H,31,32)/b28-16-. The summed E-state index contributed by atoms with van der Waals surface area (Å²) >= 11 is 12.0. The number of halogens is 2. The van der Waals surface area contributed by atoms with Crippen molar-refractivity contribution in [1.82, 2.24) is 15.6 Å². The zero-order valence-corrected chi connectivity index (χ0v) is 19.2. The van der Waals surface area contributed by atoms with Gasteiger partial charge in [-0.1, -0.05) is 71.7 Å². The van der Waals surface area contributed by atoms with Crippen molar-refractivity contribution in [2.24, 2.45) is 5.10 Å². The molecule has 2 N–H and O–H groups in total. The van der Waals surface area contributed by atoms with Crippen molar-refractivity contribution < 1.29 is 9.53 Å². The van der Waals surface area contributed by atoms with E-state index in [-0.39, 0.29) is 5.69 Å². The number of aromatic amines is 1. The van der Waals surface area contributed by atoms with Gasteiger partial charge in [0.15, 0.2) is 0 Å². The van der Waals surface area contributed by atoms with Gasteiger partial charge in [0.05, 0.1) is 21.5 Å². The smallest absolute Gasteiger partial charge is 0.289 e. The Kier molecular flexibility index (Phi) is 7.07. The zero-order chi connectivity index (χ0) is 23.2. The summed E-state index contributed by atoms with van der Waals surface area (Å²) < 4.78 is 5.88. The predicted octanol–water partition coefficient (Wildman–Crippen LogP) is 6.12. The summed E-state index contributed by atoms with van der Waals surface area (Å²) in [5.74, 6) is 0.303. The summed E-state index contributed by atoms with van der Waals surface area (Å²) in [6.07, 6.45) is 0. The van der Waals surface area contributed by atoms with Gasteiger partial charge in [-0.25, -0.2) is 5.43 Å². The Bertz CT molecular complexity index is 1300. The highest BCUT2D eigenvalue weighted by atomic mass is 35.5. The van der Waals surface area contributed by atoms with Crippen LogP contribution >= 0.6 is 23.2 Å². The average molecular weight is 479 g/mol. The number of hydrogen-bond acceptors (Lipinski definition) is 4. The van der Waals surface area contributed by atoms with Gasteiger partial charge in [0.2, 0.25) is 0 Å². The van der Waals surface area contributed by atoms with Crippen LogP contribution in [0.2, 0.25) is 10.0 Å². The van der Waals surface area contributed by atoms with Crippen molar-refractivity contribution >= 4 is 34.8 Å². The maximum absolute atomic E-state index is 12.5. The Morgan fingerprint density at radius 3 is 2.61 bits per heavy atom. The maximum Gasteiger partial charge on any atom is 0.289 e. The second-order valence-corrected chi connectivity index (χ2v) is 8.05. The number of aromatic nitrogens is 2. The molecule has 0 aliphatic rings. The summed E-state index contributed by atoms with van der Waals surface area (Å²) in [6, 6.07) is 24.3. The molecule has 0 spiro atoms. The summed E-state index contributed by atoms with van der Waals surface area (Å²) in [5.41, 5.74) is 6.67. The van der Waals surface area contributed by atoms with Crippen LogP contribution in [-0.4, -0.2) is 21.8 Å². The first kappa shape index (κ1) is 22.6. The third kappa shape index (κ3) is 5.80. The summed E-state index contributed by atoms with van der Waals surface area (Å²) in [4.78, 5) is 12.5. The molecule has 3 aromatic carbocycles. The first-order valence-electron chi connectivity index (χ1n) is 10.1. The molecule has 166 valence electrons. The van der Waals surface area contributed by atoms with Gasteiger partial charge in [-0.05, 0) is 48.4 Å². The number of hydrogen-bond donors (Lipinski definition) is 2. The summed E-state index contributed by atoms with van der Waals surface area (Å²) in [7, 11) is 0. The van der Waals surface area contributed by atoms with Gasteiger partial charge in [-0.3, -0.25) is 9.89 Å². The number of H-pyrrole nitrogens is 1. The molecule has 1 amide bonds. The van der Waals surface area contributed by atoms with Crippen molar-refractivity contribution in [2.75, 3.05) is 0 Å². The summed E-state index contributed by atoms with van der Waals surface area (Å²) in [6.45, 7) is 2.23. The predicted molar refractivity (Wildman–Crippen MR) is 131 cm³/mol. The average Bonchev–Trinajstić information content (AvgIpc) is 3.34. The molecule has 0 atom stereocenters. The number of carbonyl (C=O) groups is 1. The van der Waals surface area contributed by atoms with Gasteiger partial charge in [-0.15, -0.1) is 0 Å². The summed E-state index contributed by atoms with van der Waals surface area (Å²) in [5, 5.41) is 12.0. The molecule has 0 fully saturated rings. The lowest BCUT2D eigenvalue weighted by molar-refractivity contribution is 0.0950. The fraction of sp³-hybridized carbons (Fsp3) is 0.0800. The minimum atomic E-state index is -0.412. The zero-order valence-electron chi connectivity index (χ0n) is 17.7. The number of amides is 1. The molecule has 0 unspecified atom stereocenters. The van der Waals surface area contributed by atoms with Crippen molar-refractivity contribution in [3.05, 3.63) is 106 Å². The van der Waals surface area contributed by atoms with Crippen molar-refractivity contribution in [1.29, 1.82) is 0 Å². The molecule has 0 saturated heterocycles. The molecule has 0 radical (unpaired) electrons. The Labute approximate surface area is 201 Å². The third-order valence-corrected chi connectivity index (χ3v) is 5.60. The number of carbonyl (C=O) groups excluding carboxylic acids is 1. The van der Waals surface area contributed by atoms with Crippen molar-refractivity contribution in [2.45, 2.75) is 13.5 Å². The lowest BCUT2D eigenvalue weighted by atomic mass is 10.1. The lowest BCUT2D eigenvalue weighted by Crippen LogP contribution is -2.19. The molecule has 0 saturated carbocycles. The van der Waals surface area contributed by atoms with Gasteiger partial charge in [0.25, 0.3) is 5.91 Å². The number of ether oxygens (including phenoxy) is 1. The van der Waals surface area contributed by atoms with Crippen LogP contribution < -0.4 is 10.2 Å². The second-order valence-electron chi connectivity index (χ2n) is 7.24. The van der Waals surface area contributed by atoms with E-state index >= 15 is 0 Å². The van der Waals surface area contributed by atoms with E-state index in [0.717, 1.165) is 16.7 Å². The van der Waals surface area contributed by atoms with Gasteiger partial charge in [0.1, 0.15) is 18.1 Å². The molecule has 8 heteroatoms. The van der Waals surface area contributed by atoms with Crippen LogP contribution in [0.3, 0.4) is 0 Å². The van der Waals surface area contributed by atoms with Crippen LogP contribution in [-0.2, 0) is 6.61 Å². The molecule has 0 aliphatic heterocycles. The van der Waals surface area contributed by atoms with Crippen molar-refractivity contribution in [3.8, 4) is 17.0 Å². The van der Waals surface area contributed by atoms with Gasteiger partial charge in [0, 0.05) is 5.56 Å². The number of rotatable bonds is 7. The maximum atomic E-state index is 12.5. The first-order valence-corrected chi connectivity index (χ1v) is 10.9. The monoisotopic (exact) mass is 478 g/mol. The molecular formula is C25H20Cl2N4O2. The minimum Gasteiger partial charge on any atom is -0.489 e. The Morgan fingerprint density at radius 2 is 1.82 bits per heavy atom. The lowest BCUT2D eigenvalue weighted by Gasteiger charge is -2.07. The molecule has 0 aliphatic carbocycles. The third-order valence-electron chi connectivity index (χ3n) is 4.86. The minimum absolute atomic E-state index is 0.284. The Hall–Kier alpha value is -3.61. The molecule has 1 heterocycles. The second kappa shape index (κ2) is 10.3. The quantitative estimate of drug-likeness (QED) is 0.248. The van der Waals surface area contributed by atoms with Crippen LogP contribution in [0.4, 0.5) is 0 Å². The molecule has 1 aromatic heterocycles. The van der Waals surface area contributed by atoms with E-state index in [0.29, 0.717) is 33.8 Å².